The largest absolute Gasteiger partial charge is 0.456 e. The molecule has 0 radical (unpaired) electrons. The number of hydrogen-bond acceptors (Lipinski definition) is 3. The van der Waals surface area contributed by atoms with Crippen molar-refractivity contribution in [3.63, 3.8) is 0 Å². The number of allylic oxidation sites excluding steroid dienone is 9. The van der Waals surface area contributed by atoms with Gasteiger partial charge in [0.15, 0.2) is 0 Å². The summed E-state index contributed by atoms with van der Waals surface area (Å²) in [4.78, 5) is 2.25. The Hall–Kier alpha value is -1.74. The number of ether oxygens (including phenoxy) is 2. The Labute approximate surface area is 294 Å². The van der Waals surface area contributed by atoms with E-state index >= 15 is 0 Å². The van der Waals surface area contributed by atoms with Gasteiger partial charge in [-0.1, -0.05) is 140 Å². The lowest BCUT2D eigenvalue weighted by Gasteiger charge is -2.29. The van der Waals surface area contributed by atoms with Crippen molar-refractivity contribution in [1.29, 1.82) is 0 Å². The number of hydrogen-bond donors (Lipinski definition) is 0. The molecule has 0 aliphatic carbocycles. The van der Waals surface area contributed by atoms with Crippen LogP contribution in [0.1, 0.15) is 194 Å². The summed E-state index contributed by atoms with van der Waals surface area (Å²) in [6.07, 6.45) is 55.7. The summed E-state index contributed by atoms with van der Waals surface area (Å²) in [5.74, 6) is 0.657. The maximum absolute atomic E-state index is 6.58. The molecule has 47 heavy (non-hydrogen) atoms. The fourth-order valence-electron chi connectivity index (χ4n) is 6.25. The van der Waals surface area contributed by atoms with Crippen molar-refractivity contribution in [3.8, 4) is 0 Å². The van der Waals surface area contributed by atoms with Gasteiger partial charge in [-0.2, -0.15) is 0 Å². The van der Waals surface area contributed by atoms with Gasteiger partial charge in [-0.15, -0.1) is 0 Å². The minimum absolute atomic E-state index is 0.405. The molecule has 0 atom stereocenters. The highest BCUT2D eigenvalue weighted by Crippen LogP contribution is 2.37. The van der Waals surface area contributed by atoms with Gasteiger partial charge in [-0.05, 0) is 104 Å². The van der Waals surface area contributed by atoms with Crippen LogP contribution in [0.2, 0.25) is 0 Å². The molecule has 0 aromatic carbocycles. The molecule has 0 saturated heterocycles. The SMILES string of the molecule is CCCCC/C=C\C/C=C\CCCCCCCCC1(CCCCCCCC/C=C\C/C=C\CCCCC)OC=C(CCCN(C)C)O1. The van der Waals surface area contributed by atoms with E-state index in [1.54, 1.807) is 0 Å². The summed E-state index contributed by atoms with van der Waals surface area (Å²) in [6.45, 7) is 5.63. The Morgan fingerprint density at radius 3 is 1.34 bits per heavy atom. The molecule has 0 fully saturated rings. The lowest BCUT2D eigenvalue weighted by Crippen LogP contribution is -2.30. The summed E-state index contributed by atoms with van der Waals surface area (Å²) < 4.78 is 12.9. The van der Waals surface area contributed by atoms with Crippen LogP contribution in [0.3, 0.4) is 0 Å². The van der Waals surface area contributed by atoms with Crippen LogP contribution in [0, 0.1) is 0 Å². The maximum Gasteiger partial charge on any atom is 0.250 e. The van der Waals surface area contributed by atoms with E-state index in [9.17, 15) is 0 Å². The lowest BCUT2D eigenvalue weighted by molar-refractivity contribution is -0.161. The summed E-state index contributed by atoms with van der Waals surface area (Å²) in [5.41, 5.74) is 0. The molecule has 0 bridgehead atoms. The first-order valence-corrected chi connectivity index (χ1v) is 20.4. The smallest absolute Gasteiger partial charge is 0.250 e. The van der Waals surface area contributed by atoms with Crippen molar-refractivity contribution in [3.05, 3.63) is 60.6 Å². The van der Waals surface area contributed by atoms with Gasteiger partial charge in [0.1, 0.15) is 12.0 Å². The molecule has 0 aromatic rings. The Morgan fingerprint density at radius 1 is 0.511 bits per heavy atom. The second-order valence-corrected chi connectivity index (χ2v) is 14.3. The zero-order chi connectivity index (χ0) is 33.9. The van der Waals surface area contributed by atoms with E-state index in [0.717, 1.165) is 50.8 Å². The van der Waals surface area contributed by atoms with Gasteiger partial charge < -0.3 is 14.4 Å². The average molecular weight is 654 g/mol. The van der Waals surface area contributed by atoms with Crippen molar-refractivity contribution < 1.29 is 9.47 Å². The predicted molar refractivity (Wildman–Crippen MR) is 209 cm³/mol. The van der Waals surface area contributed by atoms with Crippen LogP contribution in [-0.4, -0.2) is 31.3 Å². The highest BCUT2D eigenvalue weighted by Gasteiger charge is 2.37. The summed E-state index contributed by atoms with van der Waals surface area (Å²) in [7, 11) is 4.28. The molecule has 0 amide bonds. The van der Waals surface area contributed by atoms with Crippen molar-refractivity contribution in [1.82, 2.24) is 4.90 Å². The molecule has 272 valence electrons. The molecular formula is C44H79NO2. The summed E-state index contributed by atoms with van der Waals surface area (Å²) in [5, 5.41) is 0. The van der Waals surface area contributed by atoms with E-state index in [-0.39, 0.29) is 0 Å². The van der Waals surface area contributed by atoms with Gasteiger partial charge >= 0.3 is 0 Å². The molecule has 1 heterocycles. The molecule has 3 nitrogen and oxygen atoms in total. The van der Waals surface area contributed by atoms with E-state index in [1.807, 2.05) is 6.26 Å². The third-order valence-electron chi connectivity index (χ3n) is 9.27. The van der Waals surface area contributed by atoms with Crippen LogP contribution in [0.15, 0.2) is 60.6 Å². The molecule has 0 saturated carbocycles. The molecular weight excluding hydrogens is 574 g/mol. The highest BCUT2D eigenvalue weighted by atomic mass is 16.7. The van der Waals surface area contributed by atoms with Gasteiger partial charge in [0.2, 0.25) is 5.79 Å². The van der Waals surface area contributed by atoms with Crippen LogP contribution in [-0.2, 0) is 9.47 Å². The number of nitrogens with zero attached hydrogens (tertiary/aromatic N) is 1. The Balaban J connectivity index is 2.19. The number of rotatable bonds is 34. The highest BCUT2D eigenvalue weighted by molar-refractivity contribution is 4.98. The zero-order valence-electron chi connectivity index (χ0n) is 32.0. The monoisotopic (exact) mass is 654 g/mol. The van der Waals surface area contributed by atoms with Gasteiger partial charge in [0.05, 0.1) is 0 Å². The van der Waals surface area contributed by atoms with Crippen molar-refractivity contribution in [2.45, 2.75) is 199 Å². The van der Waals surface area contributed by atoms with E-state index in [4.69, 9.17) is 9.47 Å². The van der Waals surface area contributed by atoms with Crippen LogP contribution in [0.5, 0.6) is 0 Å². The first-order valence-electron chi connectivity index (χ1n) is 20.4. The van der Waals surface area contributed by atoms with Crippen LogP contribution in [0.4, 0.5) is 0 Å². The van der Waals surface area contributed by atoms with Crippen LogP contribution < -0.4 is 0 Å². The average Bonchev–Trinajstić information content (AvgIpc) is 3.47. The molecule has 1 aliphatic rings. The topological polar surface area (TPSA) is 21.7 Å². The second kappa shape index (κ2) is 32.8. The van der Waals surface area contributed by atoms with E-state index < -0.39 is 5.79 Å². The quantitative estimate of drug-likeness (QED) is 0.0509. The summed E-state index contributed by atoms with van der Waals surface area (Å²) >= 11 is 0. The van der Waals surface area contributed by atoms with Crippen molar-refractivity contribution in [2.24, 2.45) is 0 Å². The van der Waals surface area contributed by atoms with Gasteiger partial charge in [-0.3, -0.25) is 0 Å². The molecule has 3 heteroatoms. The molecule has 0 aromatic heterocycles. The molecule has 1 aliphatic heterocycles. The van der Waals surface area contributed by atoms with Crippen molar-refractivity contribution in [2.75, 3.05) is 20.6 Å². The minimum Gasteiger partial charge on any atom is -0.456 e. The standard InChI is InChI=1S/C44H79NO2/c1-5-7-9-11-13-15-17-19-21-23-25-27-29-31-33-35-39-44(46-42-43(47-44)38-37-41-45(3)4)40-36-34-32-30-28-26-24-22-20-18-16-14-12-10-8-6-2/h13-16,19-22,42H,5-12,17-18,23-41H2,1-4H3/b15-13-,16-14-,21-19-,22-20-. The van der Waals surface area contributed by atoms with E-state index in [0.29, 0.717) is 0 Å². The van der Waals surface area contributed by atoms with Crippen LogP contribution >= 0.6 is 0 Å². The summed E-state index contributed by atoms with van der Waals surface area (Å²) in [6, 6.07) is 0. The first-order chi connectivity index (χ1) is 23.1. The van der Waals surface area contributed by atoms with Gasteiger partial charge in [0.25, 0.3) is 0 Å². The fraction of sp³-hybridized carbons (Fsp3) is 0.773. The molecule has 1 rings (SSSR count). The molecule has 0 unspecified atom stereocenters. The molecule has 0 spiro atoms. The number of unbranched alkanes of at least 4 members (excludes halogenated alkanes) is 18. The fourth-order valence-corrected chi connectivity index (χ4v) is 6.25. The minimum atomic E-state index is -0.405. The Morgan fingerprint density at radius 2 is 0.915 bits per heavy atom. The van der Waals surface area contributed by atoms with Gasteiger partial charge in [-0.25, -0.2) is 0 Å². The third-order valence-corrected chi connectivity index (χ3v) is 9.27. The normalized spacial score (nSPS) is 14.8. The van der Waals surface area contributed by atoms with E-state index in [2.05, 4.69) is 81.5 Å². The lowest BCUT2D eigenvalue weighted by atomic mass is 9.98. The molecule has 0 N–H and O–H groups in total. The zero-order valence-corrected chi connectivity index (χ0v) is 32.0. The first kappa shape index (κ1) is 43.3. The third kappa shape index (κ3) is 27.9. The second-order valence-electron chi connectivity index (χ2n) is 14.3. The Kier molecular flexibility index (Phi) is 30.2. The van der Waals surface area contributed by atoms with Crippen LogP contribution in [0.25, 0.3) is 0 Å². The predicted octanol–water partition coefficient (Wildman–Crippen LogP) is 14.3. The van der Waals surface area contributed by atoms with E-state index in [1.165, 1.54) is 141 Å². The van der Waals surface area contributed by atoms with Gasteiger partial charge in [0, 0.05) is 19.3 Å². The van der Waals surface area contributed by atoms with Crippen molar-refractivity contribution >= 4 is 0 Å². The Bertz CT molecular complexity index is 773. The maximum atomic E-state index is 6.58.